The third-order valence-electron chi connectivity index (χ3n) is 3.93. The average Bonchev–Trinajstić information content (AvgIpc) is 3.11. The summed E-state index contributed by atoms with van der Waals surface area (Å²) in [7, 11) is 0. The van der Waals surface area contributed by atoms with Crippen molar-refractivity contribution < 1.29 is 4.79 Å². The Morgan fingerprint density at radius 2 is 2.00 bits per heavy atom. The van der Waals surface area contributed by atoms with Gasteiger partial charge in [-0.1, -0.05) is 30.3 Å². The van der Waals surface area contributed by atoms with Crippen LogP contribution in [-0.4, -0.2) is 32.0 Å². The van der Waals surface area contributed by atoms with Crippen LogP contribution in [0.3, 0.4) is 0 Å². The maximum absolute atomic E-state index is 12.4. The van der Waals surface area contributed by atoms with Gasteiger partial charge in [0.15, 0.2) is 5.65 Å². The zero-order valence-electron chi connectivity index (χ0n) is 12.9. The normalized spacial score (nSPS) is 11.0. The number of carbonyl (C=O) groups is 1. The van der Waals surface area contributed by atoms with Crippen molar-refractivity contribution in [1.29, 1.82) is 0 Å². The van der Waals surface area contributed by atoms with Crippen molar-refractivity contribution in [1.82, 2.24) is 24.9 Å². The molecule has 4 rings (SSSR count). The molecule has 6 nitrogen and oxygen atoms in total. The zero-order chi connectivity index (χ0) is 16.4. The summed E-state index contributed by atoms with van der Waals surface area (Å²) in [5.74, 6) is -0.0992. The molecule has 2 heterocycles. The molecule has 0 saturated heterocycles. The Hall–Kier alpha value is -3.28. The molecule has 2 aromatic carbocycles. The fourth-order valence-corrected chi connectivity index (χ4v) is 2.68. The SMILES string of the molecule is O=C(NCCc1ccccc1)c1ccc2ncc3nncn3c2c1. The molecule has 0 unspecified atom stereocenters. The topological polar surface area (TPSA) is 72.2 Å². The van der Waals surface area contributed by atoms with Crippen molar-refractivity contribution in [2.75, 3.05) is 6.54 Å². The summed E-state index contributed by atoms with van der Waals surface area (Å²) >= 11 is 0. The maximum atomic E-state index is 12.4. The van der Waals surface area contributed by atoms with Crippen LogP contribution in [0.2, 0.25) is 0 Å². The highest BCUT2D eigenvalue weighted by Gasteiger charge is 2.09. The molecule has 0 fully saturated rings. The van der Waals surface area contributed by atoms with E-state index >= 15 is 0 Å². The van der Waals surface area contributed by atoms with Crippen LogP contribution in [0.15, 0.2) is 61.1 Å². The third-order valence-corrected chi connectivity index (χ3v) is 3.93. The standard InChI is InChI=1S/C18H15N5O/c24-18(19-9-8-13-4-2-1-3-5-13)14-6-7-15-16(10-14)23-12-21-22-17(23)11-20-15/h1-7,10-12H,8-9H2,(H,19,24). The first kappa shape index (κ1) is 14.3. The van der Waals surface area contributed by atoms with Gasteiger partial charge in [-0.25, -0.2) is 0 Å². The Morgan fingerprint density at radius 1 is 1.12 bits per heavy atom. The average molecular weight is 317 g/mol. The monoisotopic (exact) mass is 317 g/mol. The predicted octanol–water partition coefficient (Wildman–Crippen LogP) is 2.25. The van der Waals surface area contributed by atoms with Crippen molar-refractivity contribution in [2.24, 2.45) is 0 Å². The smallest absolute Gasteiger partial charge is 0.251 e. The molecule has 0 aliphatic rings. The second kappa shape index (κ2) is 6.08. The number of nitrogens with one attached hydrogen (secondary N) is 1. The van der Waals surface area contributed by atoms with Crippen molar-refractivity contribution in [3.05, 3.63) is 72.2 Å². The number of benzene rings is 2. The van der Waals surface area contributed by atoms with E-state index in [9.17, 15) is 4.79 Å². The van der Waals surface area contributed by atoms with Gasteiger partial charge in [0.25, 0.3) is 5.91 Å². The summed E-state index contributed by atoms with van der Waals surface area (Å²) in [5.41, 5.74) is 4.06. The Kier molecular flexibility index (Phi) is 3.63. The quantitative estimate of drug-likeness (QED) is 0.626. The summed E-state index contributed by atoms with van der Waals surface area (Å²) < 4.78 is 1.82. The highest BCUT2D eigenvalue weighted by Crippen LogP contribution is 2.15. The van der Waals surface area contributed by atoms with Gasteiger partial charge in [-0.15, -0.1) is 10.2 Å². The van der Waals surface area contributed by atoms with Crippen LogP contribution in [0.25, 0.3) is 16.7 Å². The molecule has 4 aromatic rings. The van der Waals surface area contributed by atoms with Crippen molar-refractivity contribution in [2.45, 2.75) is 6.42 Å². The van der Waals surface area contributed by atoms with Crippen LogP contribution >= 0.6 is 0 Å². The van der Waals surface area contributed by atoms with Gasteiger partial charge in [-0.3, -0.25) is 14.2 Å². The molecule has 0 spiro atoms. The number of amides is 1. The molecule has 0 aliphatic heterocycles. The highest BCUT2D eigenvalue weighted by atomic mass is 16.1. The number of carbonyl (C=O) groups excluding carboxylic acids is 1. The van der Waals surface area contributed by atoms with Crippen molar-refractivity contribution in [3.8, 4) is 0 Å². The Labute approximate surface area is 138 Å². The lowest BCUT2D eigenvalue weighted by Gasteiger charge is -2.07. The molecule has 118 valence electrons. The fraction of sp³-hybridized carbons (Fsp3) is 0.111. The molecule has 24 heavy (non-hydrogen) atoms. The minimum atomic E-state index is -0.0992. The lowest BCUT2D eigenvalue weighted by Crippen LogP contribution is -2.25. The van der Waals surface area contributed by atoms with Crippen LogP contribution in [0, 0.1) is 0 Å². The summed E-state index contributed by atoms with van der Waals surface area (Å²) in [4.78, 5) is 16.7. The van der Waals surface area contributed by atoms with E-state index in [2.05, 4.69) is 32.6 Å². The number of nitrogens with zero attached hydrogens (tertiary/aromatic N) is 4. The van der Waals surface area contributed by atoms with Gasteiger partial charge in [-0.2, -0.15) is 0 Å². The van der Waals surface area contributed by atoms with Gasteiger partial charge in [-0.05, 0) is 30.2 Å². The van der Waals surface area contributed by atoms with Gasteiger partial charge < -0.3 is 5.32 Å². The first-order valence-electron chi connectivity index (χ1n) is 7.72. The molecular weight excluding hydrogens is 302 g/mol. The molecule has 0 saturated carbocycles. The minimum absolute atomic E-state index is 0.0992. The highest BCUT2D eigenvalue weighted by molar-refractivity contribution is 5.97. The van der Waals surface area contributed by atoms with Crippen molar-refractivity contribution in [3.63, 3.8) is 0 Å². The summed E-state index contributed by atoms with van der Waals surface area (Å²) in [6.07, 6.45) is 4.09. The van der Waals surface area contributed by atoms with Gasteiger partial charge in [0.2, 0.25) is 0 Å². The molecule has 0 bridgehead atoms. The maximum Gasteiger partial charge on any atom is 0.251 e. The van der Waals surface area contributed by atoms with Crippen molar-refractivity contribution >= 4 is 22.6 Å². The summed E-state index contributed by atoms with van der Waals surface area (Å²) in [6.45, 7) is 0.593. The number of hydrogen-bond donors (Lipinski definition) is 1. The van der Waals surface area contributed by atoms with Crippen LogP contribution in [0.4, 0.5) is 0 Å². The summed E-state index contributed by atoms with van der Waals surface area (Å²) in [6, 6.07) is 15.5. The van der Waals surface area contributed by atoms with E-state index in [0.717, 1.165) is 17.5 Å². The van der Waals surface area contributed by atoms with Gasteiger partial charge in [0.1, 0.15) is 6.33 Å². The van der Waals surface area contributed by atoms with Crippen LogP contribution < -0.4 is 5.32 Å². The van der Waals surface area contributed by atoms with Crippen LogP contribution in [-0.2, 0) is 6.42 Å². The van der Waals surface area contributed by atoms with E-state index < -0.39 is 0 Å². The number of fused-ring (bicyclic) bond motifs is 3. The predicted molar refractivity (Wildman–Crippen MR) is 90.8 cm³/mol. The molecule has 0 radical (unpaired) electrons. The molecule has 6 heteroatoms. The third kappa shape index (κ3) is 2.69. The Morgan fingerprint density at radius 3 is 2.88 bits per heavy atom. The molecule has 2 aromatic heterocycles. The lowest BCUT2D eigenvalue weighted by molar-refractivity contribution is 0.0954. The molecule has 1 N–H and O–H groups in total. The van der Waals surface area contributed by atoms with Gasteiger partial charge in [0.05, 0.1) is 17.2 Å². The fourth-order valence-electron chi connectivity index (χ4n) is 2.68. The van der Waals surface area contributed by atoms with Crippen LogP contribution in [0.5, 0.6) is 0 Å². The lowest BCUT2D eigenvalue weighted by atomic mass is 10.1. The largest absolute Gasteiger partial charge is 0.352 e. The van der Waals surface area contributed by atoms with E-state index in [4.69, 9.17) is 0 Å². The molecule has 1 amide bonds. The summed E-state index contributed by atoms with van der Waals surface area (Å²) in [5, 5.41) is 10.8. The van der Waals surface area contributed by atoms with E-state index in [1.807, 2.05) is 34.7 Å². The number of hydrogen-bond acceptors (Lipinski definition) is 4. The van der Waals surface area contributed by atoms with E-state index in [-0.39, 0.29) is 5.91 Å². The molecule has 0 aliphatic carbocycles. The Balaban J connectivity index is 1.53. The zero-order valence-corrected chi connectivity index (χ0v) is 12.9. The van der Waals surface area contributed by atoms with Gasteiger partial charge in [0, 0.05) is 12.1 Å². The second-order valence-corrected chi connectivity index (χ2v) is 5.51. The van der Waals surface area contributed by atoms with E-state index in [0.29, 0.717) is 17.8 Å². The molecular formula is C18H15N5O. The minimum Gasteiger partial charge on any atom is -0.352 e. The first-order chi connectivity index (χ1) is 11.8. The Bertz CT molecular complexity index is 1010. The van der Waals surface area contributed by atoms with Crippen LogP contribution in [0.1, 0.15) is 15.9 Å². The number of aromatic nitrogens is 4. The molecule has 0 atom stereocenters. The second-order valence-electron chi connectivity index (χ2n) is 5.51. The van der Waals surface area contributed by atoms with E-state index in [1.54, 1.807) is 18.6 Å². The van der Waals surface area contributed by atoms with E-state index in [1.165, 1.54) is 5.56 Å². The first-order valence-corrected chi connectivity index (χ1v) is 7.72. The van der Waals surface area contributed by atoms with Gasteiger partial charge >= 0.3 is 0 Å². The number of rotatable bonds is 4.